The van der Waals surface area contributed by atoms with Gasteiger partial charge in [-0.3, -0.25) is 0 Å². The lowest BCUT2D eigenvalue weighted by Gasteiger charge is -2.29. The summed E-state index contributed by atoms with van der Waals surface area (Å²) in [5.41, 5.74) is 1.79. The second-order valence-corrected chi connectivity index (χ2v) is 5.82. The Kier molecular flexibility index (Phi) is 3.20. The maximum Gasteiger partial charge on any atom is 0.134 e. The number of aryl methyl sites for hydroxylation is 1. The molecule has 2 rings (SSSR count). The molecule has 1 atom stereocenters. The van der Waals surface area contributed by atoms with Crippen LogP contribution in [0, 0.1) is 18.2 Å². The first-order chi connectivity index (χ1) is 8.34. The topological polar surface area (TPSA) is 25.2 Å². The highest BCUT2D eigenvalue weighted by Crippen LogP contribution is 2.38. The van der Waals surface area contributed by atoms with Crippen molar-refractivity contribution in [1.82, 2.24) is 5.32 Å². The zero-order chi connectivity index (χ0) is 13.5. The molecular formula is C15H20FNO. The largest absolute Gasteiger partial charge is 0.459 e. The number of hydrogen-bond donors (Lipinski definition) is 1. The number of benzene rings is 1. The summed E-state index contributed by atoms with van der Waals surface area (Å²) in [6, 6.07) is 4.76. The summed E-state index contributed by atoms with van der Waals surface area (Å²) in [6.07, 6.45) is 0. The second-order valence-electron chi connectivity index (χ2n) is 5.82. The molecule has 0 aliphatic rings. The van der Waals surface area contributed by atoms with Crippen LogP contribution in [0.1, 0.15) is 38.1 Å². The van der Waals surface area contributed by atoms with Crippen LogP contribution in [0.15, 0.2) is 22.6 Å². The van der Waals surface area contributed by atoms with Gasteiger partial charge in [0, 0.05) is 10.9 Å². The smallest absolute Gasteiger partial charge is 0.134 e. The predicted octanol–water partition coefficient (Wildman–Crippen LogP) is 4.19. The molecule has 0 saturated carbocycles. The van der Waals surface area contributed by atoms with Crippen LogP contribution in [0.4, 0.5) is 4.39 Å². The molecule has 1 N–H and O–H groups in total. The van der Waals surface area contributed by atoms with Crippen molar-refractivity contribution in [3.63, 3.8) is 0 Å². The van der Waals surface area contributed by atoms with Crippen LogP contribution < -0.4 is 5.32 Å². The monoisotopic (exact) mass is 249 g/mol. The number of rotatable bonds is 2. The van der Waals surface area contributed by atoms with E-state index in [9.17, 15) is 4.39 Å². The van der Waals surface area contributed by atoms with E-state index in [1.165, 1.54) is 12.1 Å². The van der Waals surface area contributed by atoms with Gasteiger partial charge in [-0.2, -0.15) is 0 Å². The van der Waals surface area contributed by atoms with Gasteiger partial charge in [0.25, 0.3) is 0 Å². The Balaban J connectivity index is 2.61. The molecule has 18 heavy (non-hydrogen) atoms. The zero-order valence-corrected chi connectivity index (χ0v) is 11.6. The molecule has 0 fully saturated rings. The first kappa shape index (κ1) is 13.1. The van der Waals surface area contributed by atoms with E-state index in [1.54, 1.807) is 6.07 Å². The van der Waals surface area contributed by atoms with Gasteiger partial charge in [0.1, 0.15) is 17.2 Å². The molecule has 2 nitrogen and oxygen atoms in total. The fraction of sp³-hybridized carbons (Fsp3) is 0.467. The molecule has 0 saturated heterocycles. The predicted molar refractivity (Wildman–Crippen MR) is 72.2 cm³/mol. The highest BCUT2D eigenvalue weighted by molar-refractivity contribution is 5.82. The van der Waals surface area contributed by atoms with Crippen molar-refractivity contribution < 1.29 is 8.81 Å². The van der Waals surface area contributed by atoms with Crippen LogP contribution >= 0.6 is 0 Å². The fourth-order valence-corrected chi connectivity index (χ4v) is 2.44. The average molecular weight is 249 g/mol. The summed E-state index contributed by atoms with van der Waals surface area (Å²) in [5, 5.41) is 4.14. The van der Waals surface area contributed by atoms with Gasteiger partial charge in [-0.1, -0.05) is 20.8 Å². The lowest BCUT2D eigenvalue weighted by Crippen LogP contribution is -2.29. The van der Waals surface area contributed by atoms with E-state index in [2.05, 4.69) is 26.1 Å². The van der Waals surface area contributed by atoms with Crippen molar-refractivity contribution in [3.05, 3.63) is 35.3 Å². The van der Waals surface area contributed by atoms with Gasteiger partial charge in [0.2, 0.25) is 0 Å². The molecule has 2 aromatic rings. The lowest BCUT2D eigenvalue weighted by molar-refractivity contribution is 0.252. The molecular weight excluding hydrogens is 229 g/mol. The number of nitrogens with one attached hydrogen (secondary N) is 1. The highest BCUT2D eigenvalue weighted by atomic mass is 19.1. The minimum absolute atomic E-state index is 0.0337. The number of fused-ring (bicyclic) bond motifs is 1. The van der Waals surface area contributed by atoms with E-state index in [1.807, 2.05) is 14.0 Å². The molecule has 1 aromatic carbocycles. The van der Waals surface area contributed by atoms with Gasteiger partial charge >= 0.3 is 0 Å². The average Bonchev–Trinajstić information content (AvgIpc) is 2.56. The van der Waals surface area contributed by atoms with Crippen LogP contribution in [-0.4, -0.2) is 7.05 Å². The fourth-order valence-electron chi connectivity index (χ4n) is 2.44. The minimum atomic E-state index is -0.227. The molecule has 0 spiro atoms. The Morgan fingerprint density at radius 2 is 1.94 bits per heavy atom. The van der Waals surface area contributed by atoms with Crippen LogP contribution in [0.3, 0.4) is 0 Å². The van der Waals surface area contributed by atoms with E-state index in [0.717, 1.165) is 22.3 Å². The van der Waals surface area contributed by atoms with E-state index < -0.39 is 0 Å². The van der Waals surface area contributed by atoms with E-state index in [-0.39, 0.29) is 17.3 Å². The molecule has 0 aliphatic carbocycles. The summed E-state index contributed by atoms with van der Waals surface area (Å²) in [7, 11) is 1.92. The van der Waals surface area contributed by atoms with Gasteiger partial charge in [-0.05, 0) is 37.6 Å². The first-order valence-corrected chi connectivity index (χ1v) is 6.20. The summed E-state index contributed by atoms with van der Waals surface area (Å²) in [6.45, 7) is 8.45. The van der Waals surface area contributed by atoms with Crippen molar-refractivity contribution in [1.29, 1.82) is 0 Å². The van der Waals surface area contributed by atoms with Gasteiger partial charge < -0.3 is 9.73 Å². The molecule has 98 valence electrons. The van der Waals surface area contributed by atoms with Crippen molar-refractivity contribution >= 4 is 11.0 Å². The van der Waals surface area contributed by atoms with Crippen molar-refractivity contribution in [2.24, 2.45) is 5.41 Å². The molecule has 0 radical (unpaired) electrons. The quantitative estimate of drug-likeness (QED) is 0.863. The Hall–Kier alpha value is -1.35. The number of halogens is 1. The zero-order valence-electron chi connectivity index (χ0n) is 11.6. The Bertz CT molecular complexity index is 566. The normalized spacial score (nSPS) is 14.1. The summed E-state index contributed by atoms with van der Waals surface area (Å²) in [5.74, 6) is 0.667. The Morgan fingerprint density at radius 3 is 2.50 bits per heavy atom. The maximum absolute atomic E-state index is 13.3. The van der Waals surface area contributed by atoms with Crippen LogP contribution in [0.5, 0.6) is 0 Å². The van der Waals surface area contributed by atoms with E-state index >= 15 is 0 Å². The van der Waals surface area contributed by atoms with E-state index in [4.69, 9.17) is 4.42 Å². The molecule has 0 aliphatic heterocycles. The molecule has 3 heteroatoms. The Labute approximate surface area is 107 Å². The third-order valence-corrected chi connectivity index (χ3v) is 3.35. The molecule has 0 bridgehead atoms. The van der Waals surface area contributed by atoms with Crippen LogP contribution in [0.2, 0.25) is 0 Å². The molecule has 1 unspecified atom stereocenters. The third kappa shape index (κ3) is 2.15. The summed E-state index contributed by atoms with van der Waals surface area (Å²) >= 11 is 0. The van der Waals surface area contributed by atoms with Gasteiger partial charge in [-0.15, -0.1) is 0 Å². The van der Waals surface area contributed by atoms with Crippen LogP contribution in [0.25, 0.3) is 11.0 Å². The van der Waals surface area contributed by atoms with Crippen molar-refractivity contribution in [2.45, 2.75) is 33.7 Å². The maximum atomic E-state index is 13.3. The summed E-state index contributed by atoms with van der Waals surface area (Å²) < 4.78 is 19.2. The van der Waals surface area contributed by atoms with E-state index in [0.29, 0.717) is 0 Å². The SMILES string of the molecule is CNC(c1oc2ccc(F)cc2c1C)C(C)(C)C. The van der Waals surface area contributed by atoms with Gasteiger partial charge in [0.15, 0.2) is 0 Å². The third-order valence-electron chi connectivity index (χ3n) is 3.35. The van der Waals surface area contributed by atoms with Gasteiger partial charge in [-0.25, -0.2) is 4.39 Å². The highest BCUT2D eigenvalue weighted by Gasteiger charge is 2.29. The molecule has 1 heterocycles. The second kappa shape index (κ2) is 4.39. The summed E-state index contributed by atoms with van der Waals surface area (Å²) in [4.78, 5) is 0. The number of furan rings is 1. The van der Waals surface area contributed by atoms with Gasteiger partial charge in [0.05, 0.1) is 6.04 Å². The molecule has 0 amide bonds. The Morgan fingerprint density at radius 1 is 1.28 bits per heavy atom. The minimum Gasteiger partial charge on any atom is -0.459 e. The van der Waals surface area contributed by atoms with Crippen molar-refractivity contribution in [2.75, 3.05) is 7.05 Å². The van der Waals surface area contributed by atoms with Crippen LogP contribution in [-0.2, 0) is 0 Å². The first-order valence-electron chi connectivity index (χ1n) is 6.20. The standard InChI is InChI=1S/C15H20FNO/c1-9-11-8-10(16)6-7-12(11)18-13(9)14(17-5)15(2,3)4/h6-8,14,17H,1-5H3. The lowest BCUT2D eigenvalue weighted by atomic mass is 9.84. The number of hydrogen-bond acceptors (Lipinski definition) is 2. The van der Waals surface area contributed by atoms with Crippen molar-refractivity contribution in [3.8, 4) is 0 Å². The molecule has 1 aromatic heterocycles.